The fourth-order valence-electron chi connectivity index (χ4n) is 3.59. The molecule has 0 spiro atoms. The molecule has 0 unspecified atom stereocenters. The van der Waals surface area contributed by atoms with Gasteiger partial charge in [-0.2, -0.15) is 0 Å². The Morgan fingerprint density at radius 2 is 2.14 bits per heavy atom. The minimum atomic E-state index is -0.337. The summed E-state index contributed by atoms with van der Waals surface area (Å²) in [5.41, 5.74) is 2.71. The molecule has 3 aromatic rings. The number of carbonyl (C=O) groups excluding carboxylic acids is 2. The molecule has 0 fully saturated rings. The number of thiophene rings is 1. The number of hydrogen-bond acceptors (Lipinski definition) is 7. The molecule has 1 amide bonds. The molecular formula is C21H22N4O3S. The van der Waals surface area contributed by atoms with Crippen LogP contribution in [0.2, 0.25) is 0 Å². The number of aryl methyl sites for hydroxylation is 1. The van der Waals surface area contributed by atoms with Crippen LogP contribution in [0.3, 0.4) is 0 Å². The average molecular weight is 410 g/mol. The maximum Gasteiger partial charge on any atom is 0.348 e. The molecule has 7 nitrogen and oxygen atoms in total. The van der Waals surface area contributed by atoms with Gasteiger partial charge in [-0.15, -0.1) is 11.3 Å². The molecule has 0 saturated carbocycles. The van der Waals surface area contributed by atoms with E-state index in [9.17, 15) is 9.59 Å². The minimum absolute atomic E-state index is 0.0674. The average Bonchev–Trinajstić information content (AvgIpc) is 3.08. The molecule has 8 heteroatoms. The number of hydrogen-bond donors (Lipinski definition) is 1. The molecule has 150 valence electrons. The van der Waals surface area contributed by atoms with E-state index in [-0.39, 0.29) is 11.9 Å². The monoisotopic (exact) mass is 410 g/mol. The molecule has 1 aliphatic rings. The van der Waals surface area contributed by atoms with Crippen LogP contribution in [-0.4, -0.2) is 53.0 Å². The first-order valence-electron chi connectivity index (χ1n) is 9.62. The Morgan fingerprint density at radius 1 is 1.31 bits per heavy atom. The smallest absolute Gasteiger partial charge is 0.348 e. The van der Waals surface area contributed by atoms with E-state index in [1.807, 2.05) is 36.1 Å². The van der Waals surface area contributed by atoms with Crippen LogP contribution in [-0.2, 0) is 11.2 Å². The van der Waals surface area contributed by atoms with E-state index in [1.165, 1.54) is 17.7 Å². The Balaban J connectivity index is 1.48. The second-order valence-electron chi connectivity index (χ2n) is 6.81. The third kappa shape index (κ3) is 3.67. The highest BCUT2D eigenvalue weighted by molar-refractivity contribution is 7.20. The summed E-state index contributed by atoms with van der Waals surface area (Å²) in [6, 6.07) is 7.77. The topological polar surface area (TPSA) is 84.4 Å². The van der Waals surface area contributed by atoms with Crippen LogP contribution in [0.25, 0.3) is 10.2 Å². The zero-order chi connectivity index (χ0) is 20.4. The van der Waals surface area contributed by atoms with Crippen LogP contribution in [0.1, 0.15) is 38.1 Å². The molecule has 1 aromatic carbocycles. The van der Waals surface area contributed by atoms with Crippen molar-refractivity contribution in [2.45, 2.75) is 20.3 Å². The number of aromatic nitrogens is 2. The van der Waals surface area contributed by atoms with Crippen LogP contribution in [0.4, 0.5) is 5.82 Å². The van der Waals surface area contributed by atoms with Gasteiger partial charge >= 0.3 is 5.97 Å². The van der Waals surface area contributed by atoms with E-state index >= 15 is 0 Å². The van der Waals surface area contributed by atoms with Gasteiger partial charge in [-0.3, -0.25) is 4.79 Å². The molecule has 0 bridgehead atoms. The first-order valence-corrected chi connectivity index (χ1v) is 10.4. The van der Waals surface area contributed by atoms with Gasteiger partial charge in [0.1, 0.15) is 21.9 Å². The first-order chi connectivity index (χ1) is 14.1. The molecule has 3 heterocycles. The van der Waals surface area contributed by atoms with Crippen molar-refractivity contribution >= 4 is 39.2 Å². The van der Waals surface area contributed by atoms with Crippen molar-refractivity contribution in [1.82, 2.24) is 14.9 Å². The molecule has 0 atom stereocenters. The van der Waals surface area contributed by atoms with Gasteiger partial charge in [0.05, 0.1) is 12.0 Å². The van der Waals surface area contributed by atoms with Crippen molar-refractivity contribution in [3.63, 3.8) is 0 Å². The minimum Gasteiger partial charge on any atom is -0.462 e. The summed E-state index contributed by atoms with van der Waals surface area (Å²) >= 11 is 1.31. The largest absolute Gasteiger partial charge is 0.462 e. The summed E-state index contributed by atoms with van der Waals surface area (Å²) in [5, 5.41) is 4.14. The molecule has 29 heavy (non-hydrogen) atoms. The molecule has 4 rings (SSSR count). The summed E-state index contributed by atoms with van der Waals surface area (Å²) in [6.07, 6.45) is 2.35. The molecule has 2 aromatic heterocycles. The van der Waals surface area contributed by atoms with Gasteiger partial charge in [-0.1, -0.05) is 18.2 Å². The van der Waals surface area contributed by atoms with Gasteiger partial charge in [-0.05, 0) is 37.5 Å². The Labute approximate surface area is 172 Å². The van der Waals surface area contributed by atoms with Gasteiger partial charge < -0.3 is 15.0 Å². The van der Waals surface area contributed by atoms with Gasteiger partial charge in [0.15, 0.2) is 0 Å². The Kier molecular flexibility index (Phi) is 5.44. The summed E-state index contributed by atoms with van der Waals surface area (Å²) in [7, 11) is 0. The lowest BCUT2D eigenvalue weighted by molar-refractivity contribution is 0.0531. The Morgan fingerprint density at radius 3 is 2.97 bits per heavy atom. The number of nitrogens with zero attached hydrogens (tertiary/aromatic N) is 3. The molecule has 1 N–H and O–H groups in total. The standard InChI is InChI=1S/C21H22N4O3S/c1-3-28-21(27)17-13(2)16-18(23-12-24-19(16)29-17)22-9-11-25-10-8-14-6-4-5-7-15(14)20(25)26/h4-7,12H,3,8-11H2,1-2H3,(H,22,23,24). The Hall–Kier alpha value is -3.00. The van der Waals surface area contributed by atoms with E-state index in [4.69, 9.17) is 4.74 Å². The number of fused-ring (bicyclic) bond motifs is 2. The molecule has 0 radical (unpaired) electrons. The van der Waals surface area contributed by atoms with Gasteiger partial charge in [0, 0.05) is 25.2 Å². The van der Waals surface area contributed by atoms with E-state index in [0.717, 1.165) is 33.3 Å². The predicted octanol–water partition coefficient (Wildman–Crippen LogP) is 3.29. The van der Waals surface area contributed by atoms with Crippen LogP contribution >= 0.6 is 11.3 Å². The van der Waals surface area contributed by atoms with Crippen LogP contribution < -0.4 is 5.32 Å². The van der Waals surface area contributed by atoms with Crippen LogP contribution in [0.5, 0.6) is 0 Å². The van der Waals surface area contributed by atoms with Crippen molar-refractivity contribution in [1.29, 1.82) is 0 Å². The van der Waals surface area contributed by atoms with E-state index in [2.05, 4.69) is 15.3 Å². The van der Waals surface area contributed by atoms with Gasteiger partial charge in [0.25, 0.3) is 5.91 Å². The molecule has 0 saturated heterocycles. The maximum atomic E-state index is 12.7. The fourth-order valence-corrected chi connectivity index (χ4v) is 4.64. The lowest BCUT2D eigenvalue weighted by atomic mass is 9.99. The molecular weight excluding hydrogens is 388 g/mol. The number of anilines is 1. The third-order valence-electron chi connectivity index (χ3n) is 5.05. The van der Waals surface area contributed by atoms with Crippen molar-refractivity contribution in [3.05, 3.63) is 52.2 Å². The predicted molar refractivity (Wildman–Crippen MR) is 113 cm³/mol. The first kappa shape index (κ1) is 19.3. The summed E-state index contributed by atoms with van der Waals surface area (Å²) in [6.45, 7) is 5.84. The normalized spacial score (nSPS) is 13.4. The van der Waals surface area contributed by atoms with Crippen molar-refractivity contribution < 1.29 is 14.3 Å². The summed E-state index contributed by atoms with van der Waals surface area (Å²) in [5.74, 6) is 0.401. The highest BCUT2D eigenvalue weighted by Gasteiger charge is 2.24. The molecule has 1 aliphatic heterocycles. The number of ether oxygens (including phenoxy) is 1. The van der Waals surface area contributed by atoms with Crippen molar-refractivity contribution in [2.75, 3.05) is 31.6 Å². The SMILES string of the molecule is CCOC(=O)c1sc2ncnc(NCCN3CCc4ccccc4C3=O)c2c1C. The molecule has 0 aliphatic carbocycles. The number of amides is 1. The van der Waals surface area contributed by atoms with E-state index in [1.54, 1.807) is 6.92 Å². The lowest BCUT2D eigenvalue weighted by Crippen LogP contribution is -2.40. The second kappa shape index (κ2) is 8.16. The third-order valence-corrected chi connectivity index (χ3v) is 6.23. The van der Waals surface area contributed by atoms with Crippen molar-refractivity contribution in [2.24, 2.45) is 0 Å². The van der Waals surface area contributed by atoms with E-state index in [0.29, 0.717) is 36.9 Å². The number of esters is 1. The van der Waals surface area contributed by atoms with Gasteiger partial charge in [0.2, 0.25) is 0 Å². The van der Waals surface area contributed by atoms with Crippen molar-refractivity contribution in [3.8, 4) is 0 Å². The fraction of sp³-hybridized carbons (Fsp3) is 0.333. The summed E-state index contributed by atoms with van der Waals surface area (Å²) in [4.78, 5) is 36.7. The zero-order valence-electron chi connectivity index (χ0n) is 16.4. The number of carbonyl (C=O) groups is 2. The maximum absolute atomic E-state index is 12.7. The Bertz CT molecular complexity index is 1080. The van der Waals surface area contributed by atoms with Crippen LogP contribution in [0, 0.1) is 6.92 Å². The zero-order valence-corrected chi connectivity index (χ0v) is 17.2. The van der Waals surface area contributed by atoms with Crippen LogP contribution in [0.15, 0.2) is 30.6 Å². The lowest BCUT2D eigenvalue weighted by Gasteiger charge is -2.28. The number of rotatable bonds is 6. The van der Waals surface area contributed by atoms with E-state index < -0.39 is 0 Å². The van der Waals surface area contributed by atoms with Gasteiger partial charge in [-0.25, -0.2) is 14.8 Å². The number of benzene rings is 1. The second-order valence-corrected chi connectivity index (χ2v) is 7.80. The highest BCUT2D eigenvalue weighted by Crippen LogP contribution is 2.33. The number of nitrogens with one attached hydrogen (secondary N) is 1. The summed E-state index contributed by atoms with van der Waals surface area (Å²) < 4.78 is 5.14. The highest BCUT2D eigenvalue weighted by atomic mass is 32.1. The quantitative estimate of drug-likeness (QED) is 0.628.